The molecule has 10 heteroatoms. The zero-order valence-electron chi connectivity index (χ0n) is 18.0. The van der Waals surface area contributed by atoms with E-state index < -0.39 is 22.7 Å². The lowest BCUT2D eigenvalue weighted by Crippen LogP contribution is -2.31. The summed E-state index contributed by atoms with van der Waals surface area (Å²) < 4.78 is 4.02. The first-order chi connectivity index (χ1) is 15.7. The van der Waals surface area contributed by atoms with E-state index in [1.165, 1.54) is 10.7 Å². The lowest BCUT2D eigenvalue weighted by Gasteiger charge is -2.12. The summed E-state index contributed by atoms with van der Waals surface area (Å²) in [5.41, 5.74) is -0.0894. The monoisotopic (exact) mass is 465 g/mol. The molecule has 9 nitrogen and oxygen atoms in total. The van der Waals surface area contributed by atoms with Crippen molar-refractivity contribution in [3.8, 4) is 17.3 Å². The molecule has 2 N–H and O–H groups in total. The molecule has 4 rings (SSSR count). The van der Waals surface area contributed by atoms with Gasteiger partial charge in [0, 0.05) is 18.3 Å². The second kappa shape index (κ2) is 8.44. The van der Waals surface area contributed by atoms with E-state index in [0.717, 1.165) is 10.8 Å². The van der Waals surface area contributed by atoms with Gasteiger partial charge >= 0.3 is 5.69 Å². The Morgan fingerprint density at radius 1 is 1.06 bits per heavy atom. The molecule has 0 fully saturated rings. The number of aliphatic imine (C=N–C) groups is 1. The highest BCUT2D eigenvalue weighted by molar-refractivity contribution is 6.30. The molecule has 0 radical (unpaired) electrons. The van der Waals surface area contributed by atoms with Crippen LogP contribution in [0.1, 0.15) is 16.8 Å². The third-order valence-electron chi connectivity index (χ3n) is 5.38. The molecule has 0 unspecified atom stereocenters. The van der Waals surface area contributed by atoms with Crippen LogP contribution >= 0.6 is 11.6 Å². The van der Waals surface area contributed by atoms with Gasteiger partial charge in [0.25, 0.3) is 11.1 Å². The Hall–Kier alpha value is -4.11. The molecule has 168 valence electrons. The maximum Gasteiger partial charge on any atom is 0.335 e. The highest BCUT2D eigenvalue weighted by Gasteiger charge is 2.18. The fourth-order valence-electron chi connectivity index (χ4n) is 3.53. The van der Waals surface area contributed by atoms with Gasteiger partial charge in [0.2, 0.25) is 5.88 Å². The van der Waals surface area contributed by atoms with Crippen LogP contribution in [0.25, 0.3) is 11.4 Å². The lowest BCUT2D eigenvalue weighted by molar-refractivity contribution is 0.430. The minimum atomic E-state index is -0.839. The number of para-hydroxylation sites is 1. The number of aryl methyl sites for hydroxylation is 1. The van der Waals surface area contributed by atoms with Crippen LogP contribution in [0.4, 0.5) is 5.69 Å². The van der Waals surface area contributed by atoms with Crippen molar-refractivity contribution >= 4 is 23.5 Å². The van der Waals surface area contributed by atoms with Crippen molar-refractivity contribution in [2.75, 3.05) is 0 Å². The van der Waals surface area contributed by atoms with E-state index in [0.29, 0.717) is 27.7 Å². The largest absolute Gasteiger partial charge is 0.493 e. The summed E-state index contributed by atoms with van der Waals surface area (Å²) in [6.45, 7) is 3.45. The third-order valence-corrected chi connectivity index (χ3v) is 5.61. The number of aromatic hydroxyl groups is 1. The van der Waals surface area contributed by atoms with Gasteiger partial charge in [-0.05, 0) is 43.7 Å². The number of rotatable bonds is 4. The number of hydrogen-bond acceptors (Lipinski definition) is 5. The van der Waals surface area contributed by atoms with Gasteiger partial charge in [-0.1, -0.05) is 35.9 Å². The highest BCUT2D eigenvalue weighted by Crippen LogP contribution is 2.23. The Morgan fingerprint density at radius 2 is 1.76 bits per heavy atom. The van der Waals surface area contributed by atoms with E-state index in [-0.39, 0.29) is 11.3 Å². The number of nitrogens with zero attached hydrogens (tertiary/aromatic N) is 4. The molecule has 0 aliphatic heterocycles. The van der Waals surface area contributed by atoms with Crippen molar-refractivity contribution in [1.82, 2.24) is 18.9 Å². The molecule has 33 heavy (non-hydrogen) atoms. The molecule has 2 aromatic heterocycles. The molecule has 0 bridgehead atoms. The molecule has 2 aromatic carbocycles. The van der Waals surface area contributed by atoms with Gasteiger partial charge in [-0.25, -0.2) is 19.0 Å². The van der Waals surface area contributed by atoms with Gasteiger partial charge in [-0.15, -0.1) is 0 Å². The van der Waals surface area contributed by atoms with Crippen LogP contribution in [-0.2, 0) is 7.05 Å². The van der Waals surface area contributed by atoms with E-state index in [2.05, 4.69) is 9.98 Å². The molecule has 0 spiro atoms. The minimum absolute atomic E-state index is 0.0943. The highest BCUT2D eigenvalue weighted by atomic mass is 35.5. The second-order valence-corrected chi connectivity index (χ2v) is 7.87. The van der Waals surface area contributed by atoms with Crippen LogP contribution in [0.5, 0.6) is 5.88 Å². The van der Waals surface area contributed by atoms with Gasteiger partial charge in [0.15, 0.2) is 5.69 Å². The molecule has 0 atom stereocenters. The second-order valence-electron chi connectivity index (χ2n) is 7.43. The van der Waals surface area contributed by atoms with E-state index >= 15 is 0 Å². The van der Waals surface area contributed by atoms with Gasteiger partial charge < -0.3 is 5.11 Å². The minimum Gasteiger partial charge on any atom is -0.493 e. The Morgan fingerprint density at radius 3 is 2.45 bits per heavy atom. The Kier molecular flexibility index (Phi) is 5.65. The molecule has 2 heterocycles. The lowest BCUT2D eigenvalue weighted by atomic mass is 10.2. The number of hydrogen-bond donors (Lipinski definition) is 2. The molecule has 0 aliphatic carbocycles. The molecule has 0 aliphatic rings. The van der Waals surface area contributed by atoms with Crippen molar-refractivity contribution in [1.29, 1.82) is 0 Å². The first kappa shape index (κ1) is 22.1. The fourth-order valence-corrected chi connectivity index (χ4v) is 3.70. The zero-order chi connectivity index (χ0) is 23.9. The molecule has 0 amide bonds. The first-order valence-electron chi connectivity index (χ1n) is 9.93. The molecule has 0 saturated heterocycles. The summed E-state index contributed by atoms with van der Waals surface area (Å²) in [7, 11) is 1.72. The summed E-state index contributed by atoms with van der Waals surface area (Å²) in [6.07, 6.45) is 1.07. The standard InChI is InChI=1S/C23H20ClN5O4/c1-13-9-10-15(24)11-18(13)28-21(31)17(20(30)26-23(28)33)12-25-19-14(2)27(3)29(22(19)32)16-7-5-4-6-8-16/h4-12,31H,1-3H3,(H,26,30,33). The van der Waals surface area contributed by atoms with Crippen molar-refractivity contribution in [3.63, 3.8) is 0 Å². The van der Waals surface area contributed by atoms with Crippen LogP contribution in [-0.4, -0.2) is 30.2 Å². The number of aromatic amines is 1. The average molecular weight is 466 g/mol. The fraction of sp³-hybridized carbons (Fsp3) is 0.130. The van der Waals surface area contributed by atoms with Crippen molar-refractivity contribution in [3.05, 3.63) is 102 Å². The van der Waals surface area contributed by atoms with Gasteiger partial charge in [0.1, 0.15) is 5.56 Å². The van der Waals surface area contributed by atoms with Gasteiger partial charge in [-0.3, -0.25) is 19.3 Å². The average Bonchev–Trinajstić information content (AvgIpc) is 2.99. The summed E-state index contributed by atoms with van der Waals surface area (Å²) in [5, 5.41) is 11.1. The van der Waals surface area contributed by atoms with E-state index in [4.69, 9.17) is 11.6 Å². The summed E-state index contributed by atoms with van der Waals surface area (Å²) >= 11 is 6.05. The van der Waals surface area contributed by atoms with Crippen LogP contribution < -0.4 is 16.8 Å². The maximum absolute atomic E-state index is 13.0. The maximum atomic E-state index is 13.0. The summed E-state index contributed by atoms with van der Waals surface area (Å²) in [4.78, 5) is 44.3. The Balaban J connectivity index is 1.87. The molecular formula is C23H20ClN5O4. The van der Waals surface area contributed by atoms with Crippen LogP contribution in [0.3, 0.4) is 0 Å². The van der Waals surface area contributed by atoms with E-state index in [1.54, 1.807) is 49.8 Å². The van der Waals surface area contributed by atoms with Gasteiger partial charge in [0.05, 0.1) is 17.1 Å². The smallest absolute Gasteiger partial charge is 0.335 e. The van der Waals surface area contributed by atoms with Gasteiger partial charge in [-0.2, -0.15) is 0 Å². The topological polar surface area (TPSA) is 114 Å². The number of benzene rings is 2. The number of aromatic nitrogens is 4. The van der Waals surface area contributed by atoms with E-state index in [9.17, 15) is 19.5 Å². The van der Waals surface area contributed by atoms with Crippen molar-refractivity contribution in [2.24, 2.45) is 12.0 Å². The van der Waals surface area contributed by atoms with E-state index in [1.807, 2.05) is 18.2 Å². The molecule has 4 aromatic rings. The third kappa shape index (κ3) is 3.83. The Bertz CT molecular complexity index is 1580. The van der Waals surface area contributed by atoms with Crippen LogP contribution in [0.2, 0.25) is 5.02 Å². The SMILES string of the molecule is Cc1ccc(Cl)cc1-n1c(O)c(C=Nc2c(C)n(C)n(-c3ccccc3)c2=O)c(=O)[nH]c1=O. The number of H-pyrrole nitrogens is 1. The summed E-state index contributed by atoms with van der Waals surface area (Å²) in [6, 6.07) is 13.9. The Labute approximate surface area is 192 Å². The quantitative estimate of drug-likeness (QED) is 0.451. The number of nitrogens with one attached hydrogen (secondary N) is 1. The van der Waals surface area contributed by atoms with Crippen LogP contribution in [0.15, 0.2) is 67.9 Å². The molecular weight excluding hydrogens is 446 g/mol. The van der Waals surface area contributed by atoms with Crippen LogP contribution in [0, 0.1) is 13.8 Å². The first-order valence-corrected chi connectivity index (χ1v) is 10.3. The number of halogens is 1. The van der Waals surface area contributed by atoms with Crippen molar-refractivity contribution in [2.45, 2.75) is 13.8 Å². The normalized spacial score (nSPS) is 11.4. The molecule has 0 saturated carbocycles. The predicted octanol–water partition coefficient (Wildman–Crippen LogP) is 2.74. The zero-order valence-corrected chi connectivity index (χ0v) is 18.8. The van der Waals surface area contributed by atoms with Crippen molar-refractivity contribution < 1.29 is 5.11 Å². The predicted molar refractivity (Wildman–Crippen MR) is 127 cm³/mol. The summed E-state index contributed by atoms with van der Waals surface area (Å²) in [5.74, 6) is -0.616.